The van der Waals surface area contributed by atoms with Crippen molar-refractivity contribution in [2.75, 3.05) is 12.5 Å². The van der Waals surface area contributed by atoms with Crippen LogP contribution in [0.3, 0.4) is 0 Å². The molecular formula is C9H14OS. The zero-order chi connectivity index (χ0) is 8.48. The van der Waals surface area contributed by atoms with Crippen molar-refractivity contribution in [1.29, 1.82) is 0 Å². The largest absolute Gasteiger partial charge is 0.281 e. The van der Waals surface area contributed by atoms with E-state index in [-0.39, 0.29) is 0 Å². The summed E-state index contributed by atoms with van der Waals surface area (Å²) in [5.74, 6) is 0. The molecule has 1 aromatic rings. The molecule has 0 N–H and O–H groups in total. The summed E-state index contributed by atoms with van der Waals surface area (Å²) in [6.45, 7) is 2.01. The summed E-state index contributed by atoms with van der Waals surface area (Å²) in [6.07, 6.45) is 3.59. The van der Waals surface area contributed by atoms with Crippen LogP contribution in [0.25, 0.3) is 0 Å². The molecule has 0 fully saturated rings. The highest BCUT2D eigenvalue weighted by Crippen LogP contribution is 2.14. The van der Waals surface area contributed by atoms with Crippen LogP contribution in [-0.4, -0.2) is 16.7 Å². The minimum Gasteiger partial charge on any atom is -0.281 e. The first-order valence-electron chi connectivity index (χ1n) is 3.62. The van der Waals surface area contributed by atoms with Gasteiger partial charge in [-0.15, -0.1) is 0 Å². The van der Waals surface area contributed by atoms with Crippen molar-refractivity contribution in [3.8, 4) is 0 Å². The van der Waals surface area contributed by atoms with Crippen molar-refractivity contribution in [1.82, 2.24) is 0 Å². The Bertz CT molecular complexity index is 298. The lowest BCUT2D eigenvalue weighted by Gasteiger charge is -2.12. The number of rotatable bonds is 1. The van der Waals surface area contributed by atoms with Crippen LogP contribution in [0.5, 0.6) is 0 Å². The SMILES string of the molecule is Cc1cccc([SH](C)(C)=O)c1. The summed E-state index contributed by atoms with van der Waals surface area (Å²) in [7, 11) is -2.05. The van der Waals surface area contributed by atoms with Crippen LogP contribution in [0.2, 0.25) is 0 Å². The third kappa shape index (κ3) is 2.15. The van der Waals surface area contributed by atoms with Gasteiger partial charge >= 0.3 is 0 Å². The molecule has 0 saturated heterocycles. The standard InChI is InChI=1S/C9H14OS/c1-8-5-4-6-9(7-8)11(2,3)10/h4-7,11H,1-3H3. The van der Waals surface area contributed by atoms with Crippen molar-refractivity contribution in [3.05, 3.63) is 29.8 Å². The Morgan fingerprint density at radius 1 is 1.27 bits per heavy atom. The van der Waals surface area contributed by atoms with Gasteiger partial charge in [0.15, 0.2) is 0 Å². The fourth-order valence-corrected chi connectivity index (χ4v) is 1.92. The lowest BCUT2D eigenvalue weighted by Crippen LogP contribution is -2.05. The molecule has 0 heterocycles. The second-order valence-corrected chi connectivity index (χ2v) is 6.41. The van der Waals surface area contributed by atoms with Gasteiger partial charge < -0.3 is 0 Å². The molecule has 0 aliphatic heterocycles. The molecule has 0 aromatic heterocycles. The monoisotopic (exact) mass is 170 g/mol. The second-order valence-electron chi connectivity index (χ2n) is 3.19. The molecule has 2 heteroatoms. The van der Waals surface area contributed by atoms with Gasteiger partial charge in [0.2, 0.25) is 0 Å². The molecule has 0 aliphatic carbocycles. The first-order chi connectivity index (χ1) is 5.00. The number of benzene rings is 1. The van der Waals surface area contributed by atoms with E-state index in [9.17, 15) is 4.21 Å². The molecule has 1 rings (SSSR count). The van der Waals surface area contributed by atoms with Gasteiger partial charge in [-0.3, -0.25) is 4.21 Å². The minimum absolute atomic E-state index is 0.970. The number of aryl methyl sites for hydroxylation is 1. The number of hydrogen-bond donors (Lipinski definition) is 1. The average molecular weight is 170 g/mol. The Labute approximate surface area is 68.9 Å². The van der Waals surface area contributed by atoms with Crippen LogP contribution in [-0.2, 0) is 9.93 Å². The van der Waals surface area contributed by atoms with Crippen molar-refractivity contribution in [3.63, 3.8) is 0 Å². The maximum absolute atomic E-state index is 11.6. The summed E-state index contributed by atoms with van der Waals surface area (Å²) >= 11 is 0. The van der Waals surface area contributed by atoms with Gasteiger partial charge in [0.05, 0.1) is 0 Å². The van der Waals surface area contributed by atoms with Crippen LogP contribution in [0.15, 0.2) is 29.2 Å². The first kappa shape index (κ1) is 8.47. The zero-order valence-electron chi connectivity index (χ0n) is 7.16. The summed E-state index contributed by atoms with van der Waals surface area (Å²) in [4.78, 5) is 0.970. The Balaban J connectivity index is 3.17. The van der Waals surface area contributed by atoms with Crippen LogP contribution < -0.4 is 0 Å². The smallest absolute Gasteiger partial charge is 0.0144 e. The van der Waals surface area contributed by atoms with E-state index in [1.807, 2.05) is 31.2 Å². The van der Waals surface area contributed by atoms with Gasteiger partial charge in [-0.2, -0.15) is 0 Å². The first-order valence-corrected chi connectivity index (χ1v) is 6.22. The van der Waals surface area contributed by atoms with Gasteiger partial charge in [0, 0.05) is 4.90 Å². The highest BCUT2D eigenvalue weighted by Gasteiger charge is 2.03. The normalized spacial score (nSPS) is 13.0. The number of hydrogen-bond acceptors (Lipinski definition) is 1. The maximum Gasteiger partial charge on any atom is 0.0144 e. The van der Waals surface area contributed by atoms with Gasteiger partial charge in [0.25, 0.3) is 0 Å². The molecule has 0 amide bonds. The third-order valence-electron chi connectivity index (χ3n) is 1.62. The van der Waals surface area contributed by atoms with Crippen molar-refractivity contribution in [2.24, 2.45) is 0 Å². The fourth-order valence-electron chi connectivity index (χ4n) is 0.963. The molecule has 0 aliphatic rings. The van der Waals surface area contributed by atoms with Gasteiger partial charge in [-0.25, -0.2) is 0 Å². The van der Waals surface area contributed by atoms with Gasteiger partial charge in [-0.1, -0.05) is 27.6 Å². The zero-order valence-corrected chi connectivity index (χ0v) is 8.06. The predicted octanol–water partition coefficient (Wildman–Crippen LogP) is 1.63. The van der Waals surface area contributed by atoms with E-state index < -0.39 is 9.93 Å². The van der Waals surface area contributed by atoms with E-state index in [1.165, 1.54) is 5.56 Å². The minimum atomic E-state index is -2.05. The van der Waals surface area contributed by atoms with Crippen LogP contribution in [0.1, 0.15) is 5.56 Å². The predicted molar refractivity (Wildman–Crippen MR) is 50.8 cm³/mol. The molecule has 0 unspecified atom stereocenters. The molecule has 62 valence electrons. The molecule has 0 spiro atoms. The molecule has 0 saturated carbocycles. The van der Waals surface area contributed by atoms with E-state index in [4.69, 9.17) is 0 Å². The number of thiol groups is 1. The maximum atomic E-state index is 11.6. The molecule has 1 nitrogen and oxygen atoms in total. The van der Waals surface area contributed by atoms with E-state index >= 15 is 0 Å². The van der Waals surface area contributed by atoms with Crippen molar-refractivity contribution >= 4 is 9.93 Å². The molecule has 0 radical (unpaired) electrons. The topological polar surface area (TPSA) is 17.1 Å². The van der Waals surface area contributed by atoms with Crippen molar-refractivity contribution in [2.45, 2.75) is 11.8 Å². The Morgan fingerprint density at radius 3 is 2.27 bits per heavy atom. The Hall–Kier alpha value is -0.630. The van der Waals surface area contributed by atoms with Crippen LogP contribution in [0.4, 0.5) is 0 Å². The van der Waals surface area contributed by atoms with Crippen molar-refractivity contribution < 1.29 is 4.21 Å². The second kappa shape index (κ2) is 2.78. The highest BCUT2D eigenvalue weighted by molar-refractivity contribution is 8.01. The Kier molecular flexibility index (Phi) is 2.14. The van der Waals surface area contributed by atoms with E-state index in [0.717, 1.165) is 4.90 Å². The lowest BCUT2D eigenvalue weighted by molar-refractivity contribution is 0.678. The molecule has 0 bridgehead atoms. The summed E-state index contributed by atoms with van der Waals surface area (Å²) in [5, 5.41) is 0. The van der Waals surface area contributed by atoms with Gasteiger partial charge in [0.1, 0.15) is 0 Å². The Morgan fingerprint density at radius 2 is 1.91 bits per heavy atom. The quantitative estimate of drug-likeness (QED) is 0.634. The van der Waals surface area contributed by atoms with E-state index in [1.54, 1.807) is 12.5 Å². The third-order valence-corrected chi connectivity index (χ3v) is 3.15. The molecule has 11 heavy (non-hydrogen) atoms. The van der Waals surface area contributed by atoms with Crippen LogP contribution in [0, 0.1) is 6.92 Å². The summed E-state index contributed by atoms with van der Waals surface area (Å²) < 4.78 is 11.6. The summed E-state index contributed by atoms with van der Waals surface area (Å²) in [6, 6.07) is 7.87. The van der Waals surface area contributed by atoms with E-state index in [0.29, 0.717) is 0 Å². The molecular weight excluding hydrogens is 156 g/mol. The summed E-state index contributed by atoms with van der Waals surface area (Å²) in [5.41, 5.74) is 1.17. The molecule has 1 aromatic carbocycles. The average Bonchev–Trinajstić information content (AvgIpc) is 1.86. The fraction of sp³-hybridized carbons (Fsp3) is 0.333. The van der Waals surface area contributed by atoms with Gasteiger partial charge in [-0.05, 0) is 31.6 Å². The molecule has 0 atom stereocenters. The van der Waals surface area contributed by atoms with Crippen LogP contribution >= 0.6 is 0 Å². The highest BCUT2D eigenvalue weighted by atomic mass is 32.2. The lowest BCUT2D eigenvalue weighted by atomic mass is 10.2. The van der Waals surface area contributed by atoms with E-state index in [2.05, 4.69) is 0 Å².